The summed E-state index contributed by atoms with van der Waals surface area (Å²) in [6.45, 7) is 3.28. The monoisotopic (exact) mass is 289 g/mol. The largest absolute Gasteiger partial charge is 0.497 e. The van der Waals surface area contributed by atoms with Crippen molar-refractivity contribution in [1.82, 2.24) is 5.32 Å². The van der Waals surface area contributed by atoms with E-state index in [-0.39, 0.29) is 0 Å². The number of likely N-dealkylation sites (N-methyl/N-ethyl adjacent to an activating group) is 1. The van der Waals surface area contributed by atoms with Crippen molar-refractivity contribution in [2.75, 3.05) is 13.7 Å². The van der Waals surface area contributed by atoms with Crippen molar-refractivity contribution in [2.24, 2.45) is 5.92 Å². The molecule has 1 aliphatic carbocycles. The van der Waals surface area contributed by atoms with Crippen molar-refractivity contribution in [2.45, 2.75) is 64.3 Å². The molecule has 0 heterocycles. The molecular formula is C19H31NO. The summed E-state index contributed by atoms with van der Waals surface area (Å²) in [5, 5.41) is 3.75. The van der Waals surface area contributed by atoms with E-state index in [2.05, 4.69) is 30.4 Å². The zero-order valence-electron chi connectivity index (χ0n) is 13.7. The molecule has 2 heteroatoms. The van der Waals surface area contributed by atoms with Gasteiger partial charge in [0, 0.05) is 6.04 Å². The molecule has 21 heavy (non-hydrogen) atoms. The standard InChI is InChI=1S/C19H31NO/c1-3-20-19(17-11-7-5-4-6-8-12-17)15-16-10-9-13-18(14-16)21-2/h9-10,13-14,17,19-20H,3-8,11-12,15H2,1-2H3. The van der Waals surface area contributed by atoms with E-state index < -0.39 is 0 Å². The van der Waals surface area contributed by atoms with E-state index in [9.17, 15) is 0 Å². The Kier molecular flexibility index (Phi) is 7.08. The third-order valence-electron chi connectivity index (χ3n) is 4.77. The Morgan fingerprint density at radius 2 is 1.86 bits per heavy atom. The van der Waals surface area contributed by atoms with Crippen LogP contribution in [0.2, 0.25) is 0 Å². The van der Waals surface area contributed by atoms with Gasteiger partial charge in [-0.3, -0.25) is 0 Å². The zero-order chi connectivity index (χ0) is 14.9. The van der Waals surface area contributed by atoms with Crippen LogP contribution in [-0.2, 0) is 6.42 Å². The van der Waals surface area contributed by atoms with Gasteiger partial charge in [-0.1, -0.05) is 51.2 Å². The maximum atomic E-state index is 5.36. The van der Waals surface area contributed by atoms with Gasteiger partial charge in [-0.05, 0) is 49.4 Å². The highest BCUT2D eigenvalue weighted by Crippen LogP contribution is 2.27. The molecular weight excluding hydrogens is 258 g/mol. The van der Waals surface area contributed by atoms with Gasteiger partial charge < -0.3 is 10.1 Å². The lowest BCUT2D eigenvalue weighted by atomic mass is 9.83. The number of hydrogen-bond donors (Lipinski definition) is 1. The molecule has 1 unspecified atom stereocenters. The van der Waals surface area contributed by atoms with Crippen LogP contribution in [-0.4, -0.2) is 19.7 Å². The second-order valence-corrected chi connectivity index (χ2v) is 6.33. The number of ether oxygens (including phenoxy) is 1. The molecule has 2 rings (SSSR count). The molecule has 0 radical (unpaired) electrons. The quantitative estimate of drug-likeness (QED) is 0.828. The van der Waals surface area contributed by atoms with E-state index in [1.165, 1.54) is 50.5 Å². The second kappa shape index (κ2) is 9.09. The fraction of sp³-hybridized carbons (Fsp3) is 0.684. The minimum atomic E-state index is 0.611. The molecule has 0 aliphatic heterocycles. The summed E-state index contributed by atoms with van der Waals surface area (Å²) in [7, 11) is 1.75. The number of nitrogens with one attached hydrogen (secondary N) is 1. The van der Waals surface area contributed by atoms with Crippen LogP contribution >= 0.6 is 0 Å². The van der Waals surface area contributed by atoms with Crippen molar-refractivity contribution in [3.05, 3.63) is 29.8 Å². The highest BCUT2D eigenvalue weighted by atomic mass is 16.5. The molecule has 1 fully saturated rings. The van der Waals surface area contributed by atoms with Crippen molar-refractivity contribution in [1.29, 1.82) is 0 Å². The predicted octanol–water partition coefficient (Wildman–Crippen LogP) is 4.58. The van der Waals surface area contributed by atoms with Crippen LogP contribution in [0.15, 0.2) is 24.3 Å². The third kappa shape index (κ3) is 5.35. The van der Waals surface area contributed by atoms with Crippen LogP contribution in [0.1, 0.15) is 57.4 Å². The molecule has 1 aromatic rings. The van der Waals surface area contributed by atoms with Gasteiger partial charge in [0.05, 0.1) is 7.11 Å². The Labute approximate surface area is 130 Å². The molecule has 1 aliphatic rings. The van der Waals surface area contributed by atoms with Gasteiger partial charge in [0.15, 0.2) is 0 Å². The van der Waals surface area contributed by atoms with Crippen LogP contribution in [0.4, 0.5) is 0 Å². The predicted molar refractivity (Wildman–Crippen MR) is 90.0 cm³/mol. The van der Waals surface area contributed by atoms with Crippen molar-refractivity contribution >= 4 is 0 Å². The first-order valence-electron chi connectivity index (χ1n) is 8.69. The normalized spacial score (nSPS) is 18.8. The van der Waals surface area contributed by atoms with Crippen LogP contribution in [0.25, 0.3) is 0 Å². The van der Waals surface area contributed by atoms with E-state index in [0.29, 0.717) is 6.04 Å². The summed E-state index contributed by atoms with van der Waals surface area (Å²) in [6, 6.07) is 9.17. The molecule has 0 amide bonds. The summed E-state index contributed by atoms with van der Waals surface area (Å²) in [5.41, 5.74) is 1.39. The van der Waals surface area contributed by atoms with Crippen LogP contribution in [0.5, 0.6) is 5.75 Å². The molecule has 1 aromatic carbocycles. The Bertz CT molecular complexity index is 396. The second-order valence-electron chi connectivity index (χ2n) is 6.33. The Balaban J connectivity index is 2.02. The summed E-state index contributed by atoms with van der Waals surface area (Å²) in [5.74, 6) is 1.80. The molecule has 0 spiro atoms. The summed E-state index contributed by atoms with van der Waals surface area (Å²) in [4.78, 5) is 0. The minimum absolute atomic E-state index is 0.611. The molecule has 1 saturated carbocycles. The lowest BCUT2D eigenvalue weighted by molar-refractivity contribution is 0.286. The SMILES string of the molecule is CCNC(Cc1cccc(OC)c1)C1CCCCCCC1. The van der Waals surface area contributed by atoms with E-state index in [4.69, 9.17) is 4.74 Å². The Morgan fingerprint density at radius 3 is 2.52 bits per heavy atom. The summed E-state index contributed by atoms with van der Waals surface area (Å²) in [6.07, 6.45) is 11.0. The number of rotatable bonds is 6. The van der Waals surface area contributed by atoms with Gasteiger partial charge in [0.1, 0.15) is 5.75 Å². The van der Waals surface area contributed by atoms with Gasteiger partial charge in [0.2, 0.25) is 0 Å². The van der Waals surface area contributed by atoms with Gasteiger partial charge in [-0.2, -0.15) is 0 Å². The Hall–Kier alpha value is -1.02. The number of benzene rings is 1. The maximum Gasteiger partial charge on any atom is 0.119 e. The molecule has 0 saturated heterocycles. The zero-order valence-corrected chi connectivity index (χ0v) is 13.7. The van der Waals surface area contributed by atoms with Crippen LogP contribution in [0, 0.1) is 5.92 Å². The van der Waals surface area contributed by atoms with E-state index in [1.807, 2.05) is 6.07 Å². The fourth-order valence-electron chi connectivity index (χ4n) is 3.61. The lowest BCUT2D eigenvalue weighted by Gasteiger charge is -2.29. The molecule has 118 valence electrons. The molecule has 0 bridgehead atoms. The Morgan fingerprint density at radius 1 is 1.14 bits per heavy atom. The highest BCUT2D eigenvalue weighted by molar-refractivity contribution is 5.29. The molecule has 1 N–H and O–H groups in total. The first kappa shape index (κ1) is 16.4. The van der Waals surface area contributed by atoms with E-state index in [0.717, 1.165) is 24.6 Å². The van der Waals surface area contributed by atoms with Crippen molar-refractivity contribution in [3.63, 3.8) is 0 Å². The summed E-state index contributed by atoms with van der Waals surface area (Å²) < 4.78 is 5.36. The molecule has 0 aromatic heterocycles. The average Bonchev–Trinajstić information content (AvgIpc) is 2.47. The van der Waals surface area contributed by atoms with Gasteiger partial charge in [-0.25, -0.2) is 0 Å². The maximum absolute atomic E-state index is 5.36. The fourth-order valence-corrected chi connectivity index (χ4v) is 3.61. The summed E-state index contributed by atoms with van der Waals surface area (Å²) >= 11 is 0. The minimum Gasteiger partial charge on any atom is -0.497 e. The molecule has 2 nitrogen and oxygen atoms in total. The first-order valence-corrected chi connectivity index (χ1v) is 8.69. The van der Waals surface area contributed by atoms with E-state index >= 15 is 0 Å². The van der Waals surface area contributed by atoms with Crippen molar-refractivity contribution < 1.29 is 4.74 Å². The average molecular weight is 289 g/mol. The number of methoxy groups -OCH3 is 1. The highest BCUT2D eigenvalue weighted by Gasteiger charge is 2.21. The molecule has 1 atom stereocenters. The van der Waals surface area contributed by atoms with Crippen LogP contribution in [0.3, 0.4) is 0 Å². The van der Waals surface area contributed by atoms with Gasteiger partial charge in [-0.15, -0.1) is 0 Å². The lowest BCUT2D eigenvalue weighted by Crippen LogP contribution is -2.38. The van der Waals surface area contributed by atoms with Gasteiger partial charge >= 0.3 is 0 Å². The topological polar surface area (TPSA) is 21.3 Å². The van der Waals surface area contributed by atoms with E-state index in [1.54, 1.807) is 7.11 Å². The first-order chi connectivity index (χ1) is 10.3. The third-order valence-corrected chi connectivity index (χ3v) is 4.77. The number of hydrogen-bond acceptors (Lipinski definition) is 2. The van der Waals surface area contributed by atoms with Gasteiger partial charge in [0.25, 0.3) is 0 Å². The van der Waals surface area contributed by atoms with Crippen LogP contribution < -0.4 is 10.1 Å². The smallest absolute Gasteiger partial charge is 0.119 e. The van der Waals surface area contributed by atoms with Crippen molar-refractivity contribution in [3.8, 4) is 5.75 Å².